The molecule has 1 aromatic carbocycles. The average molecular weight is 299 g/mol. The number of benzene rings is 1. The quantitative estimate of drug-likeness (QED) is 0.667. The van der Waals surface area contributed by atoms with Crippen molar-refractivity contribution in [1.29, 1.82) is 0 Å². The second kappa shape index (κ2) is 6.51. The highest BCUT2D eigenvalue weighted by atomic mass is 16.5. The summed E-state index contributed by atoms with van der Waals surface area (Å²) in [5.74, 6) is 6.36. The van der Waals surface area contributed by atoms with Crippen molar-refractivity contribution in [2.24, 2.45) is 5.92 Å². The normalized spacial score (nSPS) is 29.5. The maximum Gasteiger partial charge on any atom is 0.338 e. The monoisotopic (exact) mass is 299 g/mol. The van der Waals surface area contributed by atoms with Crippen molar-refractivity contribution in [1.82, 2.24) is 4.90 Å². The smallest absolute Gasteiger partial charge is 0.338 e. The topological polar surface area (TPSA) is 49.8 Å². The molecule has 2 unspecified atom stereocenters. The van der Waals surface area contributed by atoms with Gasteiger partial charge in [0.25, 0.3) is 0 Å². The van der Waals surface area contributed by atoms with E-state index < -0.39 is 0 Å². The molecule has 1 N–H and O–H groups in total. The second-order valence-electron chi connectivity index (χ2n) is 5.88. The highest BCUT2D eigenvalue weighted by molar-refractivity contribution is 5.89. The minimum absolute atomic E-state index is 0.0845. The van der Waals surface area contributed by atoms with E-state index in [-0.39, 0.29) is 18.1 Å². The fourth-order valence-corrected chi connectivity index (χ4v) is 3.29. The summed E-state index contributed by atoms with van der Waals surface area (Å²) < 4.78 is 5.00. The molecular weight excluding hydrogens is 278 g/mol. The van der Waals surface area contributed by atoms with Crippen LogP contribution in [0.15, 0.2) is 24.3 Å². The number of carbonyl (C=O) groups is 1. The van der Waals surface area contributed by atoms with Crippen molar-refractivity contribution in [2.45, 2.75) is 31.9 Å². The number of nitrogens with zero attached hydrogens (tertiary/aromatic N) is 1. The van der Waals surface area contributed by atoms with Crippen molar-refractivity contribution in [3.63, 3.8) is 0 Å². The van der Waals surface area contributed by atoms with E-state index in [2.05, 4.69) is 16.7 Å². The van der Waals surface area contributed by atoms with Gasteiger partial charge in [-0.15, -0.1) is 0 Å². The first-order valence-electron chi connectivity index (χ1n) is 7.90. The Balaban J connectivity index is 1.76. The summed E-state index contributed by atoms with van der Waals surface area (Å²) in [5.41, 5.74) is 1.29. The zero-order valence-electron chi connectivity index (χ0n) is 12.8. The lowest BCUT2D eigenvalue weighted by Crippen LogP contribution is -2.57. The Morgan fingerprint density at radius 3 is 2.86 bits per heavy atom. The van der Waals surface area contributed by atoms with Gasteiger partial charge >= 0.3 is 5.97 Å². The lowest BCUT2D eigenvalue weighted by molar-refractivity contribution is -0.0500. The van der Waals surface area contributed by atoms with Crippen LogP contribution < -0.4 is 0 Å². The fourth-order valence-electron chi connectivity index (χ4n) is 3.29. The number of carbonyl (C=O) groups excluding carboxylic acids is 1. The van der Waals surface area contributed by atoms with Crippen LogP contribution in [0.25, 0.3) is 0 Å². The SMILES string of the molecule is CCOC(=O)c1cccc(C#CC2C(O)C3CCN2CC3)c1. The van der Waals surface area contributed by atoms with Gasteiger partial charge in [0.15, 0.2) is 0 Å². The van der Waals surface area contributed by atoms with Crippen molar-refractivity contribution in [2.75, 3.05) is 19.7 Å². The molecule has 22 heavy (non-hydrogen) atoms. The Morgan fingerprint density at radius 1 is 1.41 bits per heavy atom. The Bertz CT molecular complexity index is 606. The minimum Gasteiger partial charge on any atom is -0.462 e. The Morgan fingerprint density at radius 2 is 2.18 bits per heavy atom. The molecular formula is C18H21NO3. The van der Waals surface area contributed by atoms with Crippen LogP contribution in [-0.2, 0) is 4.74 Å². The molecule has 2 atom stereocenters. The number of aliphatic hydroxyl groups excluding tert-OH is 1. The molecule has 3 heterocycles. The molecule has 0 spiro atoms. The molecule has 1 aromatic rings. The second-order valence-corrected chi connectivity index (χ2v) is 5.88. The summed E-state index contributed by atoms with van der Waals surface area (Å²) in [6.45, 7) is 4.18. The zero-order valence-corrected chi connectivity index (χ0v) is 12.8. The number of esters is 1. The average Bonchev–Trinajstić information content (AvgIpc) is 2.55. The molecule has 3 fully saturated rings. The molecule has 3 saturated heterocycles. The molecule has 4 nitrogen and oxygen atoms in total. The fraction of sp³-hybridized carbons (Fsp3) is 0.500. The third kappa shape index (κ3) is 3.01. The molecule has 0 saturated carbocycles. The molecule has 3 aliphatic heterocycles. The Kier molecular flexibility index (Phi) is 4.47. The van der Waals surface area contributed by atoms with Gasteiger partial charge in [-0.1, -0.05) is 17.9 Å². The van der Waals surface area contributed by atoms with Crippen LogP contribution in [0.5, 0.6) is 0 Å². The molecule has 0 radical (unpaired) electrons. The molecule has 4 heteroatoms. The molecule has 0 aromatic heterocycles. The predicted octanol–water partition coefficient (Wildman–Crippen LogP) is 1.67. The third-order valence-electron chi connectivity index (χ3n) is 4.51. The zero-order chi connectivity index (χ0) is 15.5. The van der Waals surface area contributed by atoms with Crippen molar-refractivity contribution in [3.05, 3.63) is 35.4 Å². The number of rotatable bonds is 2. The van der Waals surface area contributed by atoms with E-state index in [1.54, 1.807) is 25.1 Å². The van der Waals surface area contributed by atoms with Crippen LogP contribution >= 0.6 is 0 Å². The van der Waals surface area contributed by atoms with Crippen LogP contribution in [0, 0.1) is 17.8 Å². The van der Waals surface area contributed by atoms with E-state index in [4.69, 9.17) is 4.74 Å². The van der Waals surface area contributed by atoms with Gasteiger partial charge in [0.05, 0.1) is 24.3 Å². The first-order chi connectivity index (χ1) is 10.7. The summed E-state index contributed by atoms with van der Waals surface area (Å²) in [6, 6.07) is 7.06. The van der Waals surface area contributed by atoms with E-state index in [9.17, 15) is 9.90 Å². The van der Waals surface area contributed by atoms with Gasteiger partial charge in [0.2, 0.25) is 0 Å². The highest BCUT2D eigenvalue weighted by Crippen LogP contribution is 2.31. The standard InChI is InChI=1S/C18H21NO3/c1-2-22-18(21)15-5-3-4-13(12-15)6-7-16-17(20)14-8-10-19(16)11-9-14/h3-5,12,14,16-17,20H,2,8-11H2,1H3. The van der Waals surface area contributed by atoms with Crippen LogP contribution in [0.1, 0.15) is 35.7 Å². The van der Waals surface area contributed by atoms with E-state index >= 15 is 0 Å². The number of hydrogen-bond acceptors (Lipinski definition) is 4. The minimum atomic E-state index is -0.358. The van der Waals surface area contributed by atoms with E-state index in [0.717, 1.165) is 31.5 Å². The van der Waals surface area contributed by atoms with Gasteiger partial charge in [-0.2, -0.15) is 0 Å². The highest BCUT2D eigenvalue weighted by Gasteiger charge is 2.40. The maximum atomic E-state index is 11.7. The number of ether oxygens (including phenoxy) is 1. The summed E-state index contributed by atoms with van der Waals surface area (Å²) in [7, 11) is 0. The molecule has 3 aliphatic rings. The molecule has 2 bridgehead atoms. The Labute approximate surface area is 131 Å². The molecule has 0 aliphatic carbocycles. The van der Waals surface area contributed by atoms with Crippen LogP contribution in [0.2, 0.25) is 0 Å². The summed E-state index contributed by atoms with van der Waals surface area (Å²) >= 11 is 0. The van der Waals surface area contributed by atoms with E-state index in [1.165, 1.54) is 0 Å². The van der Waals surface area contributed by atoms with Crippen LogP contribution in [0.4, 0.5) is 0 Å². The summed E-state index contributed by atoms with van der Waals surface area (Å²) in [5, 5.41) is 10.3. The summed E-state index contributed by atoms with van der Waals surface area (Å²) in [6.07, 6.45) is 1.78. The summed E-state index contributed by atoms with van der Waals surface area (Å²) in [4.78, 5) is 14.0. The van der Waals surface area contributed by atoms with Crippen molar-refractivity contribution in [3.8, 4) is 11.8 Å². The van der Waals surface area contributed by atoms with Gasteiger partial charge in [0, 0.05) is 5.56 Å². The van der Waals surface area contributed by atoms with Crippen molar-refractivity contribution < 1.29 is 14.6 Å². The van der Waals surface area contributed by atoms with Gasteiger partial charge in [0.1, 0.15) is 0 Å². The first kappa shape index (κ1) is 15.1. The number of fused-ring (bicyclic) bond motifs is 3. The van der Waals surface area contributed by atoms with Crippen LogP contribution in [0.3, 0.4) is 0 Å². The largest absolute Gasteiger partial charge is 0.462 e. The first-order valence-corrected chi connectivity index (χ1v) is 7.90. The van der Waals surface area contributed by atoms with Crippen LogP contribution in [-0.4, -0.2) is 47.8 Å². The molecule has 4 rings (SSSR count). The lowest BCUT2D eigenvalue weighted by Gasteiger charge is -2.46. The van der Waals surface area contributed by atoms with Gasteiger partial charge < -0.3 is 9.84 Å². The molecule has 0 amide bonds. The predicted molar refractivity (Wildman–Crippen MR) is 83.4 cm³/mol. The maximum absolute atomic E-state index is 11.7. The van der Waals surface area contributed by atoms with Crippen molar-refractivity contribution >= 4 is 5.97 Å². The van der Waals surface area contributed by atoms with Gasteiger partial charge in [-0.25, -0.2) is 4.79 Å². The number of piperidine rings is 3. The van der Waals surface area contributed by atoms with Gasteiger partial charge in [-0.3, -0.25) is 4.90 Å². The number of hydrogen-bond donors (Lipinski definition) is 1. The van der Waals surface area contributed by atoms with Gasteiger partial charge in [-0.05, 0) is 57.0 Å². The lowest BCUT2D eigenvalue weighted by atomic mass is 9.81. The number of aliphatic hydroxyl groups is 1. The molecule has 116 valence electrons. The van der Waals surface area contributed by atoms with E-state index in [0.29, 0.717) is 18.1 Å². The third-order valence-corrected chi connectivity index (χ3v) is 4.51. The Hall–Kier alpha value is -1.83. The van der Waals surface area contributed by atoms with E-state index in [1.807, 2.05) is 6.07 Å².